The lowest BCUT2D eigenvalue weighted by molar-refractivity contribution is 0.336. The third kappa shape index (κ3) is 1.72. The van der Waals surface area contributed by atoms with E-state index in [4.69, 9.17) is 0 Å². The Hall–Kier alpha value is -0.500. The molecule has 1 heterocycles. The topological polar surface area (TPSA) is 24.1 Å². The predicted octanol–water partition coefficient (Wildman–Crippen LogP) is 1.17. The van der Waals surface area contributed by atoms with Gasteiger partial charge in [0.2, 0.25) is 0 Å². The maximum absolute atomic E-state index is 3.16. The van der Waals surface area contributed by atoms with E-state index in [0.29, 0.717) is 0 Å². The zero-order valence-corrected chi connectivity index (χ0v) is 6.28. The molecule has 0 bridgehead atoms. The second-order valence-electron chi connectivity index (χ2n) is 3.32. The lowest BCUT2D eigenvalue weighted by Crippen LogP contribution is -2.48. The molecular weight excluding hydrogens is 112 g/mol. The average Bonchev–Trinajstić information content (AvgIpc) is 1.60. The molecule has 1 aliphatic heterocycles. The van der Waals surface area contributed by atoms with E-state index in [1.165, 1.54) is 5.57 Å². The Bertz CT molecular complexity index is 136. The van der Waals surface area contributed by atoms with Gasteiger partial charge in [-0.1, -0.05) is 5.57 Å². The van der Waals surface area contributed by atoms with Crippen LogP contribution in [0.2, 0.25) is 0 Å². The highest BCUT2D eigenvalue weighted by atomic mass is 15.4. The maximum atomic E-state index is 3.16. The van der Waals surface area contributed by atoms with Crippen molar-refractivity contribution >= 4 is 0 Å². The van der Waals surface area contributed by atoms with E-state index in [1.54, 1.807) is 0 Å². The third-order valence-corrected chi connectivity index (χ3v) is 1.45. The standard InChI is InChI=1S/C7H14N2/c1-6-4-7(2,3)9-8-5-6/h5,8-9H,4H2,1-3H3. The van der Waals surface area contributed by atoms with Crippen molar-refractivity contribution in [2.24, 2.45) is 0 Å². The number of hydrazine groups is 1. The van der Waals surface area contributed by atoms with Crippen LogP contribution in [0.15, 0.2) is 11.8 Å². The van der Waals surface area contributed by atoms with Gasteiger partial charge in [0, 0.05) is 11.7 Å². The van der Waals surface area contributed by atoms with Crippen LogP contribution in [-0.2, 0) is 0 Å². The summed E-state index contributed by atoms with van der Waals surface area (Å²) in [6.07, 6.45) is 3.13. The summed E-state index contributed by atoms with van der Waals surface area (Å²) in [5.74, 6) is 0. The monoisotopic (exact) mass is 126 g/mol. The zero-order chi connectivity index (χ0) is 6.91. The van der Waals surface area contributed by atoms with Gasteiger partial charge < -0.3 is 5.43 Å². The van der Waals surface area contributed by atoms with Gasteiger partial charge in [0.15, 0.2) is 0 Å². The number of nitrogens with one attached hydrogen (secondary N) is 2. The fraction of sp³-hybridized carbons (Fsp3) is 0.714. The van der Waals surface area contributed by atoms with Crippen molar-refractivity contribution in [3.63, 3.8) is 0 Å². The molecule has 0 aromatic carbocycles. The van der Waals surface area contributed by atoms with Crippen LogP contribution >= 0.6 is 0 Å². The van der Waals surface area contributed by atoms with Crippen LogP contribution in [0.1, 0.15) is 27.2 Å². The van der Waals surface area contributed by atoms with Crippen LogP contribution in [0, 0.1) is 0 Å². The first-order valence-electron chi connectivity index (χ1n) is 3.28. The molecule has 0 spiro atoms. The van der Waals surface area contributed by atoms with E-state index in [1.807, 2.05) is 6.20 Å². The molecule has 0 saturated heterocycles. The highest BCUT2D eigenvalue weighted by molar-refractivity contribution is 5.05. The summed E-state index contributed by atoms with van der Waals surface area (Å²) in [5, 5.41) is 0. The highest BCUT2D eigenvalue weighted by Gasteiger charge is 2.19. The minimum absolute atomic E-state index is 0.221. The Morgan fingerprint density at radius 1 is 1.56 bits per heavy atom. The van der Waals surface area contributed by atoms with Gasteiger partial charge in [0.1, 0.15) is 0 Å². The normalized spacial score (nSPS) is 24.6. The molecule has 0 radical (unpaired) electrons. The quantitative estimate of drug-likeness (QED) is 0.509. The number of hydrogen-bond acceptors (Lipinski definition) is 2. The molecule has 2 N–H and O–H groups in total. The fourth-order valence-electron chi connectivity index (χ4n) is 1.15. The zero-order valence-electron chi connectivity index (χ0n) is 6.28. The van der Waals surface area contributed by atoms with Crippen molar-refractivity contribution in [2.75, 3.05) is 0 Å². The SMILES string of the molecule is CC1=CNNC(C)(C)C1. The predicted molar refractivity (Wildman–Crippen MR) is 38.7 cm³/mol. The van der Waals surface area contributed by atoms with E-state index < -0.39 is 0 Å². The van der Waals surface area contributed by atoms with Crippen LogP contribution < -0.4 is 10.9 Å². The minimum Gasteiger partial charge on any atom is -0.328 e. The minimum atomic E-state index is 0.221. The molecular formula is C7H14N2. The molecule has 2 heteroatoms. The van der Waals surface area contributed by atoms with Crippen molar-refractivity contribution in [1.29, 1.82) is 0 Å². The molecule has 0 unspecified atom stereocenters. The Kier molecular flexibility index (Phi) is 1.49. The lowest BCUT2D eigenvalue weighted by Gasteiger charge is -2.30. The summed E-state index contributed by atoms with van der Waals surface area (Å²) in [7, 11) is 0. The van der Waals surface area contributed by atoms with Crippen LogP contribution in [0.25, 0.3) is 0 Å². The summed E-state index contributed by atoms with van der Waals surface area (Å²) >= 11 is 0. The molecule has 0 aromatic rings. The first kappa shape index (κ1) is 6.62. The van der Waals surface area contributed by atoms with Crippen molar-refractivity contribution in [2.45, 2.75) is 32.7 Å². The molecule has 0 atom stereocenters. The summed E-state index contributed by atoms with van der Waals surface area (Å²) < 4.78 is 0. The Morgan fingerprint density at radius 3 is 2.56 bits per heavy atom. The van der Waals surface area contributed by atoms with E-state index in [0.717, 1.165) is 6.42 Å². The maximum Gasteiger partial charge on any atom is 0.0352 e. The van der Waals surface area contributed by atoms with Gasteiger partial charge in [0.25, 0.3) is 0 Å². The summed E-state index contributed by atoms with van der Waals surface area (Å²) in [6, 6.07) is 0. The van der Waals surface area contributed by atoms with Crippen LogP contribution in [0.3, 0.4) is 0 Å². The fourth-order valence-corrected chi connectivity index (χ4v) is 1.15. The Morgan fingerprint density at radius 2 is 2.22 bits per heavy atom. The van der Waals surface area contributed by atoms with Gasteiger partial charge in [-0.2, -0.15) is 0 Å². The van der Waals surface area contributed by atoms with E-state index in [9.17, 15) is 0 Å². The van der Waals surface area contributed by atoms with Crippen molar-refractivity contribution in [1.82, 2.24) is 10.9 Å². The molecule has 52 valence electrons. The lowest BCUT2D eigenvalue weighted by atomic mass is 9.96. The number of rotatable bonds is 0. The summed E-state index contributed by atoms with van der Waals surface area (Å²) in [6.45, 7) is 6.49. The van der Waals surface area contributed by atoms with Crippen LogP contribution in [0.4, 0.5) is 0 Å². The van der Waals surface area contributed by atoms with Crippen molar-refractivity contribution in [3.05, 3.63) is 11.8 Å². The Balaban J connectivity index is 2.59. The molecule has 0 amide bonds. The van der Waals surface area contributed by atoms with E-state index >= 15 is 0 Å². The van der Waals surface area contributed by atoms with Gasteiger partial charge in [-0.3, -0.25) is 0 Å². The molecule has 0 aliphatic carbocycles. The number of hydrogen-bond donors (Lipinski definition) is 2. The second kappa shape index (κ2) is 2.03. The largest absolute Gasteiger partial charge is 0.328 e. The van der Waals surface area contributed by atoms with Gasteiger partial charge in [-0.05, 0) is 27.2 Å². The van der Waals surface area contributed by atoms with Gasteiger partial charge >= 0.3 is 0 Å². The van der Waals surface area contributed by atoms with Crippen LogP contribution in [-0.4, -0.2) is 5.54 Å². The van der Waals surface area contributed by atoms with Crippen molar-refractivity contribution < 1.29 is 0 Å². The molecule has 0 fully saturated rings. The van der Waals surface area contributed by atoms with Gasteiger partial charge in [-0.15, -0.1) is 0 Å². The molecule has 1 rings (SSSR count). The second-order valence-corrected chi connectivity index (χ2v) is 3.32. The van der Waals surface area contributed by atoms with Crippen LogP contribution in [0.5, 0.6) is 0 Å². The molecule has 1 aliphatic rings. The van der Waals surface area contributed by atoms with Gasteiger partial charge in [-0.25, -0.2) is 5.43 Å². The summed E-state index contributed by atoms with van der Waals surface area (Å²) in [4.78, 5) is 0. The van der Waals surface area contributed by atoms with Crippen molar-refractivity contribution in [3.8, 4) is 0 Å². The average molecular weight is 126 g/mol. The van der Waals surface area contributed by atoms with Gasteiger partial charge in [0.05, 0.1) is 0 Å². The smallest absolute Gasteiger partial charge is 0.0352 e. The Labute approximate surface area is 56.3 Å². The third-order valence-electron chi connectivity index (χ3n) is 1.45. The molecule has 0 aromatic heterocycles. The van der Waals surface area contributed by atoms with E-state index in [-0.39, 0.29) is 5.54 Å². The molecule has 0 saturated carbocycles. The summed E-state index contributed by atoms with van der Waals surface area (Å²) in [5.41, 5.74) is 7.80. The highest BCUT2D eigenvalue weighted by Crippen LogP contribution is 2.16. The first-order chi connectivity index (χ1) is 4.10. The molecule has 9 heavy (non-hydrogen) atoms. The molecule has 2 nitrogen and oxygen atoms in total. The first-order valence-corrected chi connectivity index (χ1v) is 3.28. The van der Waals surface area contributed by atoms with E-state index in [2.05, 4.69) is 31.6 Å².